The summed E-state index contributed by atoms with van der Waals surface area (Å²) in [5, 5.41) is 9.67. The predicted molar refractivity (Wildman–Crippen MR) is 99.7 cm³/mol. The number of aliphatic hydroxyl groups is 1. The van der Waals surface area contributed by atoms with Crippen molar-refractivity contribution in [1.29, 1.82) is 0 Å². The second-order valence-corrected chi connectivity index (χ2v) is 8.92. The number of unbranched alkanes of at least 4 members (excludes halogenated alkanes) is 5. The Morgan fingerprint density at radius 2 is 1.61 bits per heavy atom. The third-order valence-electron chi connectivity index (χ3n) is 5.21. The second-order valence-electron chi connectivity index (χ2n) is 8.92. The molecule has 1 N–H and O–H groups in total. The van der Waals surface area contributed by atoms with Crippen LogP contribution in [0.3, 0.4) is 0 Å². The van der Waals surface area contributed by atoms with Gasteiger partial charge in [-0.15, -0.1) is 0 Å². The van der Waals surface area contributed by atoms with E-state index in [1.165, 1.54) is 44.9 Å². The van der Waals surface area contributed by atoms with Gasteiger partial charge in [0.2, 0.25) is 0 Å². The monoisotopic (exact) mass is 324 g/mol. The fourth-order valence-electron chi connectivity index (χ4n) is 4.16. The molecule has 0 saturated carbocycles. The van der Waals surface area contributed by atoms with Crippen LogP contribution in [0.2, 0.25) is 0 Å². The van der Waals surface area contributed by atoms with Gasteiger partial charge in [0.1, 0.15) is 0 Å². The molecule has 1 unspecified atom stereocenters. The lowest BCUT2D eigenvalue weighted by Crippen LogP contribution is -2.44. The molecule has 0 saturated heterocycles. The van der Waals surface area contributed by atoms with Gasteiger partial charge in [0.25, 0.3) is 0 Å². The molecule has 0 aromatic rings. The Balaban J connectivity index is 2.53. The second kappa shape index (κ2) is 9.22. The van der Waals surface area contributed by atoms with E-state index in [0.717, 1.165) is 0 Å². The van der Waals surface area contributed by atoms with Crippen LogP contribution in [-0.4, -0.2) is 22.9 Å². The third-order valence-corrected chi connectivity index (χ3v) is 5.21. The minimum absolute atomic E-state index is 0.0643. The van der Waals surface area contributed by atoms with E-state index < -0.39 is 0 Å². The maximum absolute atomic E-state index is 9.67. The van der Waals surface area contributed by atoms with Gasteiger partial charge in [0.15, 0.2) is 0 Å². The highest BCUT2D eigenvalue weighted by Crippen LogP contribution is 2.41. The first-order valence-electron chi connectivity index (χ1n) is 9.71. The van der Waals surface area contributed by atoms with Crippen LogP contribution < -0.4 is 0 Å². The largest absolute Gasteiger partial charge is 0.389 e. The van der Waals surface area contributed by atoms with Gasteiger partial charge >= 0.3 is 0 Å². The summed E-state index contributed by atoms with van der Waals surface area (Å²) >= 11 is 0. The minimum atomic E-state index is -0.331. The van der Waals surface area contributed by atoms with E-state index in [2.05, 4.69) is 41.5 Å². The average molecular weight is 325 g/mol. The van der Waals surface area contributed by atoms with Crippen LogP contribution in [0.1, 0.15) is 92.9 Å². The molecular formula is C21H40O2. The van der Waals surface area contributed by atoms with Gasteiger partial charge in [-0.1, -0.05) is 78.4 Å². The van der Waals surface area contributed by atoms with Crippen LogP contribution in [0, 0.1) is 11.3 Å². The van der Waals surface area contributed by atoms with Gasteiger partial charge in [0.05, 0.1) is 17.8 Å². The number of aliphatic hydroxyl groups excluding tert-OH is 1. The Labute approximate surface area is 144 Å². The summed E-state index contributed by atoms with van der Waals surface area (Å²) in [4.78, 5) is 0. The molecule has 0 bridgehead atoms. The molecule has 0 amide bonds. The van der Waals surface area contributed by atoms with Gasteiger partial charge in [0, 0.05) is 6.42 Å². The molecular weight excluding hydrogens is 284 g/mol. The van der Waals surface area contributed by atoms with Crippen molar-refractivity contribution >= 4 is 0 Å². The van der Waals surface area contributed by atoms with Crippen molar-refractivity contribution in [3.63, 3.8) is 0 Å². The van der Waals surface area contributed by atoms with Crippen LogP contribution >= 0.6 is 0 Å². The molecule has 3 atom stereocenters. The molecule has 0 heterocycles. The fraction of sp³-hybridized carbons (Fsp3) is 0.905. The number of ether oxygens (including phenoxy) is 1. The quantitative estimate of drug-likeness (QED) is 0.401. The number of hydrogen-bond acceptors (Lipinski definition) is 2. The molecule has 0 fully saturated rings. The van der Waals surface area contributed by atoms with Crippen LogP contribution in [0.5, 0.6) is 0 Å². The summed E-state index contributed by atoms with van der Waals surface area (Å²) < 4.78 is 6.41. The van der Waals surface area contributed by atoms with E-state index in [1.54, 1.807) is 0 Å². The Hall–Kier alpha value is -0.340. The molecule has 0 aromatic heterocycles. The summed E-state index contributed by atoms with van der Waals surface area (Å²) in [5.41, 5.74) is 0.0641. The Morgan fingerprint density at radius 1 is 1.00 bits per heavy atom. The molecule has 0 radical (unpaired) electrons. The lowest BCUT2D eigenvalue weighted by Gasteiger charge is -2.44. The molecule has 0 aliphatic heterocycles. The first-order chi connectivity index (χ1) is 10.7. The average Bonchev–Trinajstić information content (AvgIpc) is 2.80. The standard InChI is InChI=1S/C21H40O2/c1-7-8-9-10-11-12-13-19(20(2,3)4)21(5,6)23-18-15-14-17(22)16-18/h14-15,17-19,22H,7-13,16H2,1-6H3/t17-,18+,19?/m1/s1. The molecule has 1 rings (SSSR count). The summed E-state index contributed by atoms with van der Waals surface area (Å²) in [5.74, 6) is 0.521. The topological polar surface area (TPSA) is 29.5 Å². The fourth-order valence-corrected chi connectivity index (χ4v) is 4.16. The van der Waals surface area contributed by atoms with Crippen LogP contribution in [0.4, 0.5) is 0 Å². The van der Waals surface area contributed by atoms with Gasteiger partial charge < -0.3 is 9.84 Å². The van der Waals surface area contributed by atoms with Gasteiger partial charge in [-0.3, -0.25) is 0 Å². The lowest BCUT2D eigenvalue weighted by molar-refractivity contribution is -0.121. The summed E-state index contributed by atoms with van der Waals surface area (Å²) in [6.07, 6.45) is 13.6. The maximum atomic E-state index is 9.67. The molecule has 2 heteroatoms. The lowest BCUT2D eigenvalue weighted by atomic mass is 9.69. The van der Waals surface area contributed by atoms with Gasteiger partial charge in [-0.25, -0.2) is 0 Å². The van der Waals surface area contributed by atoms with Crippen molar-refractivity contribution in [2.24, 2.45) is 11.3 Å². The van der Waals surface area contributed by atoms with Crippen LogP contribution in [0.15, 0.2) is 12.2 Å². The van der Waals surface area contributed by atoms with Crippen LogP contribution in [0.25, 0.3) is 0 Å². The van der Waals surface area contributed by atoms with Crippen molar-refractivity contribution in [3.8, 4) is 0 Å². The first kappa shape index (κ1) is 20.7. The molecule has 2 nitrogen and oxygen atoms in total. The molecule has 0 aromatic carbocycles. The zero-order chi connectivity index (χ0) is 17.5. The predicted octanol–water partition coefficient (Wildman–Crippen LogP) is 5.88. The highest BCUT2D eigenvalue weighted by atomic mass is 16.5. The molecule has 136 valence electrons. The van der Waals surface area contributed by atoms with E-state index in [4.69, 9.17) is 4.74 Å². The van der Waals surface area contributed by atoms with E-state index in [-0.39, 0.29) is 23.2 Å². The first-order valence-corrected chi connectivity index (χ1v) is 9.71. The molecule has 1 aliphatic rings. The van der Waals surface area contributed by atoms with Crippen molar-refractivity contribution in [2.75, 3.05) is 0 Å². The SMILES string of the molecule is CCCCCCCCC(C(C)(C)C)C(C)(C)O[C@H]1C=C[C@@H](O)C1. The highest BCUT2D eigenvalue weighted by molar-refractivity contribution is 5.05. The maximum Gasteiger partial charge on any atom is 0.0791 e. The van der Waals surface area contributed by atoms with Gasteiger partial charge in [-0.2, -0.15) is 0 Å². The molecule has 23 heavy (non-hydrogen) atoms. The van der Waals surface area contributed by atoms with Crippen LogP contribution in [-0.2, 0) is 4.74 Å². The van der Waals surface area contributed by atoms with Crippen molar-refractivity contribution < 1.29 is 9.84 Å². The Kier molecular flexibility index (Phi) is 8.30. The molecule has 0 spiro atoms. The van der Waals surface area contributed by atoms with Crippen molar-refractivity contribution in [2.45, 2.75) is 111 Å². The van der Waals surface area contributed by atoms with Gasteiger partial charge in [-0.05, 0) is 31.6 Å². The van der Waals surface area contributed by atoms with E-state index >= 15 is 0 Å². The molecule has 1 aliphatic carbocycles. The van der Waals surface area contributed by atoms with Crippen molar-refractivity contribution in [1.82, 2.24) is 0 Å². The number of rotatable bonds is 10. The third kappa shape index (κ3) is 7.39. The zero-order valence-corrected chi connectivity index (χ0v) is 16.4. The van der Waals surface area contributed by atoms with E-state index in [1.807, 2.05) is 12.2 Å². The summed E-state index contributed by atoms with van der Waals surface area (Å²) in [6, 6.07) is 0. The highest BCUT2D eigenvalue weighted by Gasteiger charge is 2.40. The Morgan fingerprint density at radius 3 is 2.13 bits per heavy atom. The zero-order valence-electron chi connectivity index (χ0n) is 16.4. The summed E-state index contributed by atoms with van der Waals surface area (Å²) in [7, 11) is 0. The van der Waals surface area contributed by atoms with E-state index in [0.29, 0.717) is 12.3 Å². The Bertz CT molecular complexity index is 351. The normalized spacial score (nSPS) is 23.4. The van der Waals surface area contributed by atoms with Crippen molar-refractivity contribution in [3.05, 3.63) is 12.2 Å². The van der Waals surface area contributed by atoms with E-state index in [9.17, 15) is 5.11 Å². The minimum Gasteiger partial charge on any atom is -0.389 e. The number of hydrogen-bond donors (Lipinski definition) is 1. The smallest absolute Gasteiger partial charge is 0.0791 e. The summed E-state index contributed by atoms with van der Waals surface area (Å²) in [6.45, 7) is 13.7.